The number of nitrogens with one attached hydrogen (secondary N) is 1. The summed E-state index contributed by atoms with van der Waals surface area (Å²) in [6.45, 7) is 0.111. The summed E-state index contributed by atoms with van der Waals surface area (Å²) >= 11 is 5.32. The summed E-state index contributed by atoms with van der Waals surface area (Å²) in [5, 5.41) is 12.8. The molecule has 1 aromatic carbocycles. The van der Waals surface area contributed by atoms with Crippen molar-refractivity contribution in [3.8, 4) is 0 Å². The van der Waals surface area contributed by atoms with Crippen molar-refractivity contribution >= 4 is 29.1 Å². The van der Waals surface area contributed by atoms with Crippen LogP contribution < -0.4 is 5.32 Å². The molecule has 7 heteroatoms. The van der Waals surface area contributed by atoms with Gasteiger partial charge in [0.15, 0.2) is 0 Å². The Morgan fingerprint density at radius 3 is 2.56 bits per heavy atom. The van der Waals surface area contributed by atoms with Crippen molar-refractivity contribution in [3.05, 3.63) is 34.4 Å². The fourth-order valence-corrected chi connectivity index (χ4v) is 1.03. The normalized spacial score (nSPS) is 9.56. The zero-order valence-corrected chi connectivity index (χ0v) is 8.94. The molecule has 0 fully saturated rings. The molecule has 1 amide bonds. The van der Waals surface area contributed by atoms with Gasteiger partial charge in [-0.15, -0.1) is 11.6 Å². The molecule has 0 radical (unpaired) electrons. The maximum Gasteiger partial charge on any atom is 0.411 e. The molecule has 0 aliphatic rings. The highest BCUT2D eigenvalue weighted by atomic mass is 35.5. The number of carbonyl (C=O) groups excluding carboxylic acids is 1. The number of ether oxygens (including phenoxy) is 1. The SMILES string of the molecule is O=C(Nc1ccc([N+](=O)[O-])cc1)OCCCl. The molecule has 86 valence electrons. The number of hydrogen-bond acceptors (Lipinski definition) is 4. The van der Waals surface area contributed by atoms with Gasteiger partial charge in [-0.1, -0.05) is 0 Å². The van der Waals surface area contributed by atoms with E-state index in [2.05, 4.69) is 10.1 Å². The number of non-ortho nitro benzene ring substituents is 1. The number of carbonyl (C=O) groups is 1. The zero-order chi connectivity index (χ0) is 12.0. The first-order valence-electron chi connectivity index (χ1n) is 4.37. The number of anilines is 1. The molecule has 0 spiro atoms. The monoisotopic (exact) mass is 244 g/mol. The number of rotatable bonds is 4. The van der Waals surface area contributed by atoms with Gasteiger partial charge in [-0.2, -0.15) is 0 Å². The van der Waals surface area contributed by atoms with Crippen molar-refractivity contribution in [3.63, 3.8) is 0 Å². The van der Waals surface area contributed by atoms with Crippen molar-refractivity contribution in [2.45, 2.75) is 0 Å². The zero-order valence-electron chi connectivity index (χ0n) is 8.18. The van der Waals surface area contributed by atoms with Crippen LogP contribution in [0.25, 0.3) is 0 Å². The Morgan fingerprint density at radius 2 is 2.06 bits per heavy atom. The fraction of sp³-hybridized carbons (Fsp3) is 0.222. The molecule has 1 aromatic rings. The van der Waals surface area contributed by atoms with Gasteiger partial charge in [-0.3, -0.25) is 15.4 Å². The first kappa shape index (κ1) is 12.3. The van der Waals surface area contributed by atoms with Gasteiger partial charge in [0.1, 0.15) is 6.61 Å². The summed E-state index contributed by atoms with van der Waals surface area (Å²) in [7, 11) is 0. The molecular formula is C9H9ClN2O4. The quantitative estimate of drug-likeness (QED) is 0.501. The first-order chi connectivity index (χ1) is 7.63. The van der Waals surface area contributed by atoms with Gasteiger partial charge in [-0.25, -0.2) is 4.79 Å². The minimum atomic E-state index is -0.644. The summed E-state index contributed by atoms with van der Waals surface area (Å²) in [6.07, 6.45) is -0.644. The molecule has 1 N–H and O–H groups in total. The van der Waals surface area contributed by atoms with Crippen LogP contribution in [0.3, 0.4) is 0 Å². The van der Waals surface area contributed by atoms with Crippen LogP contribution in [0.2, 0.25) is 0 Å². The number of nitro benzene ring substituents is 1. The van der Waals surface area contributed by atoms with Crippen LogP contribution in [-0.2, 0) is 4.74 Å². The third-order valence-electron chi connectivity index (χ3n) is 1.63. The van der Waals surface area contributed by atoms with Gasteiger partial charge in [-0.05, 0) is 12.1 Å². The van der Waals surface area contributed by atoms with Gasteiger partial charge < -0.3 is 4.74 Å². The average Bonchev–Trinajstić information content (AvgIpc) is 2.27. The number of benzene rings is 1. The summed E-state index contributed by atoms with van der Waals surface area (Å²) in [5.74, 6) is 0.216. The van der Waals surface area contributed by atoms with Crippen molar-refractivity contribution in [1.82, 2.24) is 0 Å². The van der Waals surface area contributed by atoms with Gasteiger partial charge in [0.05, 0.1) is 10.8 Å². The molecule has 0 saturated heterocycles. The molecule has 0 aliphatic heterocycles. The Hall–Kier alpha value is -1.82. The maximum atomic E-state index is 11.1. The largest absolute Gasteiger partial charge is 0.448 e. The molecule has 0 aliphatic carbocycles. The lowest BCUT2D eigenvalue weighted by Crippen LogP contribution is -2.14. The highest BCUT2D eigenvalue weighted by molar-refractivity contribution is 6.18. The number of hydrogen-bond donors (Lipinski definition) is 1. The predicted octanol–water partition coefficient (Wildman–Crippen LogP) is 2.38. The van der Waals surface area contributed by atoms with Crippen LogP contribution in [0.15, 0.2) is 24.3 Å². The molecule has 16 heavy (non-hydrogen) atoms. The lowest BCUT2D eigenvalue weighted by Gasteiger charge is -2.04. The molecular weight excluding hydrogens is 236 g/mol. The van der Waals surface area contributed by atoms with Gasteiger partial charge >= 0.3 is 6.09 Å². The van der Waals surface area contributed by atoms with Crippen LogP contribution >= 0.6 is 11.6 Å². The molecule has 0 aromatic heterocycles. The van der Waals surface area contributed by atoms with Crippen LogP contribution in [0.1, 0.15) is 0 Å². The van der Waals surface area contributed by atoms with E-state index in [1.807, 2.05) is 0 Å². The lowest BCUT2D eigenvalue weighted by atomic mass is 10.3. The molecule has 0 bridgehead atoms. The lowest BCUT2D eigenvalue weighted by molar-refractivity contribution is -0.384. The molecule has 0 saturated carbocycles. The topological polar surface area (TPSA) is 81.5 Å². The van der Waals surface area contributed by atoms with Crippen molar-refractivity contribution in [2.24, 2.45) is 0 Å². The van der Waals surface area contributed by atoms with E-state index in [9.17, 15) is 14.9 Å². The van der Waals surface area contributed by atoms with E-state index in [1.165, 1.54) is 24.3 Å². The van der Waals surface area contributed by atoms with Crippen LogP contribution in [0, 0.1) is 10.1 Å². The first-order valence-corrected chi connectivity index (χ1v) is 4.91. The van der Waals surface area contributed by atoms with E-state index in [0.717, 1.165) is 0 Å². The smallest absolute Gasteiger partial charge is 0.411 e. The second-order valence-electron chi connectivity index (χ2n) is 2.75. The minimum Gasteiger partial charge on any atom is -0.448 e. The van der Waals surface area contributed by atoms with Gasteiger partial charge in [0.25, 0.3) is 5.69 Å². The minimum absolute atomic E-state index is 0.0420. The number of nitrogens with zero attached hydrogens (tertiary/aromatic N) is 1. The Balaban J connectivity index is 2.55. The highest BCUT2D eigenvalue weighted by Crippen LogP contribution is 2.15. The van der Waals surface area contributed by atoms with E-state index in [1.54, 1.807) is 0 Å². The maximum absolute atomic E-state index is 11.1. The molecule has 1 rings (SSSR count). The van der Waals surface area contributed by atoms with Crippen molar-refractivity contribution in [1.29, 1.82) is 0 Å². The highest BCUT2D eigenvalue weighted by Gasteiger charge is 2.06. The number of alkyl halides is 1. The summed E-state index contributed by atoms with van der Waals surface area (Å²) < 4.78 is 4.66. The Labute approximate surface area is 96.3 Å². The van der Waals surface area contributed by atoms with E-state index in [0.29, 0.717) is 5.69 Å². The summed E-state index contributed by atoms with van der Waals surface area (Å²) in [6, 6.07) is 5.41. The Kier molecular flexibility index (Phi) is 4.53. The van der Waals surface area contributed by atoms with Gasteiger partial charge in [0.2, 0.25) is 0 Å². The van der Waals surface area contributed by atoms with Crippen LogP contribution in [0.4, 0.5) is 16.2 Å². The number of amides is 1. The fourth-order valence-electron chi connectivity index (χ4n) is 0.952. The molecule has 6 nitrogen and oxygen atoms in total. The third-order valence-corrected chi connectivity index (χ3v) is 1.79. The second kappa shape index (κ2) is 5.92. The van der Waals surface area contributed by atoms with E-state index < -0.39 is 11.0 Å². The van der Waals surface area contributed by atoms with Crippen LogP contribution in [0.5, 0.6) is 0 Å². The number of halogens is 1. The van der Waals surface area contributed by atoms with Crippen molar-refractivity contribution < 1.29 is 14.5 Å². The van der Waals surface area contributed by atoms with Crippen molar-refractivity contribution in [2.75, 3.05) is 17.8 Å². The van der Waals surface area contributed by atoms with E-state index >= 15 is 0 Å². The molecule has 0 heterocycles. The third kappa shape index (κ3) is 3.74. The average molecular weight is 245 g/mol. The second-order valence-corrected chi connectivity index (χ2v) is 3.13. The van der Waals surface area contributed by atoms with E-state index in [-0.39, 0.29) is 18.2 Å². The molecule has 0 unspecified atom stereocenters. The van der Waals surface area contributed by atoms with E-state index in [4.69, 9.17) is 11.6 Å². The summed E-state index contributed by atoms with van der Waals surface area (Å²) in [4.78, 5) is 20.9. The number of nitro groups is 1. The standard InChI is InChI=1S/C9H9ClN2O4/c10-5-6-16-9(13)11-7-1-3-8(4-2-7)12(14)15/h1-4H,5-6H2,(H,11,13). The van der Waals surface area contributed by atoms with Crippen LogP contribution in [-0.4, -0.2) is 23.5 Å². The predicted molar refractivity (Wildman–Crippen MR) is 58.8 cm³/mol. The summed E-state index contributed by atoms with van der Waals surface area (Å²) in [5.41, 5.74) is 0.379. The van der Waals surface area contributed by atoms with Gasteiger partial charge in [0, 0.05) is 17.8 Å². The molecule has 0 atom stereocenters. The Morgan fingerprint density at radius 1 is 1.44 bits per heavy atom. The Bertz CT molecular complexity index is 380.